The summed E-state index contributed by atoms with van der Waals surface area (Å²) < 4.78 is 71.2. The number of benzene rings is 1. The lowest BCUT2D eigenvalue weighted by atomic mass is 9.69. The number of sulfonamides is 1. The molecule has 0 bridgehead atoms. The third-order valence-electron chi connectivity index (χ3n) is 8.10. The molecule has 0 fully saturated rings. The van der Waals surface area contributed by atoms with E-state index in [9.17, 15) is 17.6 Å². The summed E-state index contributed by atoms with van der Waals surface area (Å²) in [4.78, 5) is 21.7. The summed E-state index contributed by atoms with van der Waals surface area (Å²) in [5.41, 5.74) is -0.316. The lowest BCUT2D eigenvalue weighted by molar-refractivity contribution is -0.160. The van der Waals surface area contributed by atoms with Gasteiger partial charge in [0.05, 0.1) is 34.1 Å². The van der Waals surface area contributed by atoms with Crippen LogP contribution in [0, 0.1) is 18.2 Å². The zero-order valence-corrected chi connectivity index (χ0v) is 27.6. The number of rotatable bonds is 12. The van der Waals surface area contributed by atoms with Gasteiger partial charge in [-0.1, -0.05) is 20.8 Å². The van der Waals surface area contributed by atoms with E-state index in [0.29, 0.717) is 33.7 Å². The van der Waals surface area contributed by atoms with Crippen LogP contribution in [0.15, 0.2) is 24.3 Å². The van der Waals surface area contributed by atoms with Crippen molar-refractivity contribution in [2.24, 2.45) is 5.41 Å². The van der Waals surface area contributed by atoms with E-state index in [1.165, 1.54) is 25.3 Å². The maximum atomic E-state index is 14.4. The Morgan fingerprint density at radius 3 is 2.33 bits per heavy atom. The van der Waals surface area contributed by atoms with Crippen molar-refractivity contribution in [2.45, 2.75) is 98.0 Å². The number of nitrogens with zero attached hydrogens (tertiary/aromatic N) is 3. The zero-order valence-electron chi connectivity index (χ0n) is 29.7. The fraction of sp³-hybridized carbons (Fsp3) is 0.581. The number of aryl methyl sites for hydroxylation is 1. The highest BCUT2D eigenvalue weighted by atomic mass is 32.2. The lowest BCUT2D eigenvalue weighted by Gasteiger charge is -2.42. The van der Waals surface area contributed by atoms with Gasteiger partial charge in [-0.25, -0.2) is 27.1 Å². The van der Waals surface area contributed by atoms with E-state index >= 15 is 0 Å². The second-order valence-electron chi connectivity index (χ2n) is 12.8. The predicted octanol–water partition coefficient (Wildman–Crippen LogP) is 5.47. The van der Waals surface area contributed by atoms with Gasteiger partial charge >= 0.3 is 8.83 Å². The molecule has 2 atom stereocenters. The molecule has 0 saturated heterocycles. The standard InChI is InChI=1S/C31H46FN3O6S/c1-18(2)42(39,40)35(11)28-33-26(21-13-14-22(32)19(3)15-21)25(27(34-28)29(5,6)7)20(4)16-23(36)30(8,9)31(10,41-12)17-24(37)38/h13-16,18,23,36H,17H2,1-12H3,(H,37,38)/p+1/b20-16+/t23-,31+/m1/s1/i36D/hD2. The maximum absolute atomic E-state index is 14.4. The minimum absolute atomic E-state index is 0.0584. The van der Waals surface area contributed by atoms with Gasteiger partial charge < -0.3 is 15.0 Å². The second kappa shape index (κ2) is 12.4. The molecule has 0 saturated carbocycles. The third-order valence-corrected chi connectivity index (χ3v) is 10.2. The van der Waals surface area contributed by atoms with Crippen molar-refractivity contribution in [3.8, 4) is 11.3 Å². The molecule has 0 aliphatic carbocycles. The predicted molar refractivity (Wildman–Crippen MR) is 166 cm³/mol. The molecule has 2 aromatic rings. The summed E-state index contributed by atoms with van der Waals surface area (Å²) in [5.74, 6) is -1.32. The Labute approximate surface area is 254 Å². The van der Waals surface area contributed by atoms with Gasteiger partial charge in [0.15, 0.2) is 6.10 Å². The SMILES string of the molecule is [2H]OC(=O)C[C@](C)(OC)C(C)(C)[C@@H](/C=C(\C)c1c(-c2ccc(F)c(C)c2)nc(N(C)S(=O)(=O)C(C)C)nc1C(C)(C)C)[O+]([2H])[2H]. The van der Waals surface area contributed by atoms with Crippen molar-refractivity contribution in [3.05, 3.63) is 46.9 Å². The van der Waals surface area contributed by atoms with Crippen LogP contribution in [0.3, 0.4) is 0 Å². The van der Waals surface area contributed by atoms with E-state index in [0.717, 1.165) is 4.31 Å². The Morgan fingerprint density at radius 2 is 1.86 bits per heavy atom. The van der Waals surface area contributed by atoms with Gasteiger partial charge in [0.25, 0.3) is 1.43 Å². The fourth-order valence-corrected chi connectivity index (χ4v) is 5.54. The summed E-state index contributed by atoms with van der Waals surface area (Å²) in [6.45, 7) is 17.3. The van der Waals surface area contributed by atoms with Gasteiger partial charge in [-0.05, 0) is 83.9 Å². The number of aromatic nitrogens is 2. The van der Waals surface area contributed by atoms with Gasteiger partial charge in [-0.15, -0.1) is 0 Å². The highest BCUT2D eigenvalue weighted by Crippen LogP contribution is 2.43. The van der Waals surface area contributed by atoms with Crippen LogP contribution in [0.5, 0.6) is 0 Å². The summed E-state index contributed by atoms with van der Waals surface area (Å²) >= 11 is 0. The summed E-state index contributed by atoms with van der Waals surface area (Å²) in [5, 5.41) is 4.88. The van der Waals surface area contributed by atoms with Gasteiger partial charge in [0.1, 0.15) is 5.82 Å². The molecule has 0 unspecified atom stereocenters. The molecule has 0 aliphatic heterocycles. The number of hydrogen-bond donors (Lipinski definition) is 1. The van der Waals surface area contributed by atoms with Gasteiger partial charge in [0.2, 0.25) is 16.0 Å². The molecule has 1 aromatic heterocycles. The first-order valence-electron chi connectivity index (χ1n) is 15.0. The highest BCUT2D eigenvalue weighted by Gasteiger charge is 2.50. The van der Waals surface area contributed by atoms with Crippen LogP contribution in [0.1, 0.15) is 85.6 Å². The Balaban J connectivity index is 3.06. The summed E-state index contributed by atoms with van der Waals surface area (Å²) in [7, 11) is -1.02. The molecule has 0 radical (unpaired) electrons. The van der Waals surface area contributed by atoms with Crippen molar-refractivity contribution in [3.63, 3.8) is 0 Å². The average molecular weight is 612 g/mol. The van der Waals surface area contributed by atoms with E-state index in [1.807, 2.05) is 20.8 Å². The molecule has 1 heterocycles. The molecule has 0 spiro atoms. The lowest BCUT2D eigenvalue weighted by Crippen LogP contribution is -2.51. The Bertz CT molecular complexity index is 1540. The number of anilines is 1. The molecule has 11 heteroatoms. The minimum atomic E-state index is -3.81. The quantitative estimate of drug-likeness (QED) is 0.315. The number of methoxy groups -OCH3 is 1. The van der Waals surface area contributed by atoms with E-state index in [1.54, 1.807) is 66.7 Å². The third kappa shape index (κ3) is 7.01. The van der Waals surface area contributed by atoms with Crippen LogP contribution >= 0.6 is 0 Å². The largest absolute Gasteiger partial charge is 0.487 e. The highest BCUT2D eigenvalue weighted by molar-refractivity contribution is 7.93. The smallest absolute Gasteiger partial charge is 0.481 e. The van der Waals surface area contributed by atoms with Gasteiger partial charge in [-0.3, -0.25) is 4.79 Å². The number of carbonyl (C=O) groups is 1. The molecule has 1 aromatic carbocycles. The molecule has 0 aliphatic rings. The van der Waals surface area contributed by atoms with Crippen molar-refractivity contribution in [1.82, 2.24) is 9.97 Å². The molecule has 42 heavy (non-hydrogen) atoms. The molecular formula is C31H47FN3O6S+. The van der Waals surface area contributed by atoms with E-state index in [4.69, 9.17) is 19.0 Å². The van der Waals surface area contributed by atoms with Crippen LogP contribution in [0.25, 0.3) is 18.3 Å². The van der Waals surface area contributed by atoms with Crippen LogP contribution < -0.4 is 4.31 Å². The number of ether oxygens (including phenoxy) is 1. The Morgan fingerprint density at radius 1 is 1.24 bits per heavy atom. The molecular weight excluding hydrogens is 561 g/mol. The van der Waals surface area contributed by atoms with Gasteiger partial charge in [0, 0.05) is 30.7 Å². The minimum Gasteiger partial charge on any atom is -0.481 e. The summed E-state index contributed by atoms with van der Waals surface area (Å²) in [6.07, 6.45) is 0.260. The first-order chi connectivity index (χ1) is 20.5. The molecule has 0 amide bonds. The molecule has 234 valence electrons. The number of halogens is 1. The summed E-state index contributed by atoms with van der Waals surface area (Å²) in [6, 6.07) is 4.49. The average Bonchev–Trinajstić information content (AvgIpc) is 2.94. The number of hydrogen-bond acceptors (Lipinski definition) is 7. The number of carboxylic acids is 1. The van der Waals surface area contributed by atoms with E-state index in [-0.39, 0.29) is 12.4 Å². The van der Waals surface area contributed by atoms with Crippen molar-refractivity contribution >= 4 is 27.5 Å². The van der Waals surface area contributed by atoms with E-state index < -0.39 is 49.6 Å². The molecule has 3 N–H and O–H groups in total. The zero-order chi connectivity index (χ0) is 34.9. The fourth-order valence-electron chi connectivity index (χ4n) is 4.60. The first kappa shape index (κ1) is 30.6. The van der Waals surface area contributed by atoms with Crippen molar-refractivity contribution < 1.29 is 32.6 Å². The van der Waals surface area contributed by atoms with Gasteiger partial charge in [-0.2, -0.15) is 0 Å². The van der Waals surface area contributed by atoms with Crippen LogP contribution in [0.4, 0.5) is 10.3 Å². The van der Waals surface area contributed by atoms with Crippen LogP contribution in [-0.2, 0) is 25.0 Å². The number of carboxylic acid groups (broad SMARTS) is 1. The topological polar surface area (TPSA) is 133 Å². The van der Waals surface area contributed by atoms with Crippen molar-refractivity contribution in [2.75, 3.05) is 18.5 Å². The normalized spacial score (nSPS) is 16.5. The Hall–Kier alpha value is -2.89. The van der Waals surface area contributed by atoms with Crippen LogP contribution in [-0.4, -0.2) is 68.5 Å². The van der Waals surface area contributed by atoms with Crippen LogP contribution in [0.2, 0.25) is 0 Å². The maximum Gasteiger partial charge on any atom is 0.487 e. The number of aliphatic carboxylic acids is 1. The Kier molecular flexibility index (Phi) is 9.01. The molecule has 2 rings (SSSR count). The second-order valence-corrected chi connectivity index (χ2v) is 15.4. The first-order valence-corrected chi connectivity index (χ1v) is 15.3. The molecule has 9 nitrogen and oxygen atoms in total. The van der Waals surface area contributed by atoms with E-state index in [2.05, 4.69) is 5.11 Å². The van der Waals surface area contributed by atoms with Crippen molar-refractivity contribution in [1.29, 1.82) is 4.29 Å². The monoisotopic (exact) mass is 611 g/mol. The number of allylic oxidation sites excluding steroid dienone is 1.